The summed E-state index contributed by atoms with van der Waals surface area (Å²) in [5, 5.41) is 6.93. The van der Waals surface area contributed by atoms with Gasteiger partial charge in [-0.2, -0.15) is 0 Å². The third kappa shape index (κ3) is 9.54. The Balaban J connectivity index is 1.73. The van der Waals surface area contributed by atoms with Gasteiger partial charge in [0.1, 0.15) is 0 Å². The van der Waals surface area contributed by atoms with Crippen molar-refractivity contribution in [2.75, 3.05) is 78.8 Å². The summed E-state index contributed by atoms with van der Waals surface area (Å²) in [5.74, 6) is 1.63. The summed E-state index contributed by atoms with van der Waals surface area (Å²) in [5.41, 5.74) is 0. The van der Waals surface area contributed by atoms with E-state index in [-0.39, 0.29) is 0 Å². The zero-order chi connectivity index (χ0) is 20.0. The Hall–Kier alpha value is -0.890. The van der Waals surface area contributed by atoms with Gasteiger partial charge in [-0.1, -0.05) is 13.8 Å². The summed E-state index contributed by atoms with van der Waals surface area (Å²) in [6.45, 7) is 18.3. The second-order valence-electron chi connectivity index (χ2n) is 8.24. The number of morpholine rings is 2. The average Bonchev–Trinajstić information content (AvgIpc) is 2.71. The first-order chi connectivity index (χ1) is 13.7. The predicted octanol–water partition coefficient (Wildman–Crippen LogP) is 1.40. The van der Waals surface area contributed by atoms with E-state index in [0.29, 0.717) is 12.0 Å². The van der Waals surface area contributed by atoms with Crippen molar-refractivity contribution < 1.29 is 9.47 Å². The van der Waals surface area contributed by atoms with Crippen LogP contribution in [0.3, 0.4) is 0 Å². The van der Waals surface area contributed by atoms with Gasteiger partial charge in [0.2, 0.25) is 0 Å². The molecular formula is C21H43N5O2. The summed E-state index contributed by atoms with van der Waals surface area (Å²) in [7, 11) is 0. The molecule has 0 aromatic heterocycles. The molecule has 2 heterocycles. The minimum absolute atomic E-state index is 0.501. The molecule has 28 heavy (non-hydrogen) atoms. The van der Waals surface area contributed by atoms with Crippen LogP contribution < -0.4 is 10.6 Å². The summed E-state index contributed by atoms with van der Waals surface area (Å²) in [4.78, 5) is 9.97. The maximum absolute atomic E-state index is 5.53. The number of ether oxygens (including phenoxy) is 2. The van der Waals surface area contributed by atoms with Gasteiger partial charge in [0.05, 0.1) is 33.0 Å². The highest BCUT2D eigenvalue weighted by molar-refractivity contribution is 5.79. The maximum Gasteiger partial charge on any atom is 0.191 e. The first-order valence-electron chi connectivity index (χ1n) is 11.3. The molecule has 1 unspecified atom stereocenters. The van der Waals surface area contributed by atoms with Crippen LogP contribution in [0, 0.1) is 5.92 Å². The van der Waals surface area contributed by atoms with Crippen molar-refractivity contribution in [2.24, 2.45) is 10.9 Å². The number of hydrogen-bond donors (Lipinski definition) is 2. The van der Waals surface area contributed by atoms with Crippen molar-refractivity contribution in [2.45, 2.75) is 46.1 Å². The van der Waals surface area contributed by atoms with Crippen LogP contribution in [0.2, 0.25) is 0 Å². The van der Waals surface area contributed by atoms with Gasteiger partial charge in [0, 0.05) is 45.3 Å². The lowest BCUT2D eigenvalue weighted by Crippen LogP contribution is -2.46. The predicted molar refractivity (Wildman–Crippen MR) is 116 cm³/mol. The highest BCUT2D eigenvalue weighted by atomic mass is 16.5. The highest BCUT2D eigenvalue weighted by Gasteiger charge is 2.21. The molecule has 0 saturated carbocycles. The molecule has 0 bridgehead atoms. The van der Waals surface area contributed by atoms with E-state index < -0.39 is 0 Å². The normalized spacial score (nSPS) is 21.1. The van der Waals surface area contributed by atoms with E-state index in [1.165, 1.54) is 25.8 Å². The lowest BCUT2D eigenvalue weighted by molar-refractivity contribution is 0.0143. The van der Waals surface area contributed by atoms with Crippen molar-refractivity contribution in [3.63, 3.8) is 0 Å². The van der Waals surface area contributed by atoms with E-state index in [1.807, 2.05) is 0 Å². The second kappa shape index (κ2) is 14.1. The Labute approximate surface area is 172 Å². The van der Waals surface area contributed by atoms with Gasteiger partial charge in [-0.15, -0.1) is 0 Å². The third-order valence-electron chi connectivity index (χ3n) is 5.41. The lowest BCUT2D eigenvalue weighted by atomic mass is 10.0. The molecular weight excluding hydrogens is 354 g/mol. The van der Waals surface area contributed by atoms with Gasteiger partial charge in [0.15, 0.2) is 5.96 Å². The maximum atomic E-state index is 5.53. The number of unbranched alkanes of at least 4 members (excludes halogenated alkanes) is 1. The third-order valence-corrected chi connectivity index (χ3v) is 5.41. The topological polar surface area (TPSA) is 61.4 Å². The molecule has 2 aliphatic heterocycles. The number of rotatable bonds is 11. The van der Waals surface area contributed by atoms with E-state index >= 15 is 0 Å². The number of nitrogens with zero attached hydrogens (tertiary/aromatic N) is 3. The molecule has 0 aliphatic carbocycles. The number of hydrogen-bond acceptors (Lipinski definition) is 5. The van der Waals surface area contributed by atoms with Gasteiger partial charge < -0.3 is 20.1 Å². The molecule has 2 aliphatic rings. The molecule has 0 radical (unpaired) electrons. The molecule has 0 aromatic rings. The van der Waals surface area contributed by atoms with Crippen molar-refractivity contribution in [3.05, 3.63) is 0 Å². The minimum atomic E-state index is 0.501. The second-order valence-corrected chi connectivity index (χ2v) is 8.24. The molecule has 1 atom stereocenters. The Morgan fingerprint density at radius 3 is 2.29 bits per heavy atom. The zero-order valence-corrected chi connectivity index (χ0v) is 18.4. The van der Waals surface area contributed by atoms with Crippen molar-refractivity contribution >= 4 is 5.96 Å². The van der Waals surface area contributed by atoms with E-state index in [1.54, 1.807) is 0 Å². The molecule has 0 aromatic carbocycles. The quantitative estimate of drug-likeness (QED) is 0.312. The number of aliphatic imine (C=N–C) groups is 1. The summed E-state index contributed by atoms with van der Waals surface area (Å²) in [6, 6.07) is 0.501. The molecule has 0 amide bonds. The molecule has 2 saturated heterocycles. The van der Waals surface area contributed by atoms with Crippen LogP contribution in [0.15, 0.2) is 4.99 Å². The van der Waals surface area contributed by atoms with Gasteiger partial charge >= 0.3 is 0 Å². The Bertz CT molecular complexity index is 421. The molecule has 7 nitrogen and oxygen atoms in total. The fourth-order valence-electron chi connectivity index (χ4n) is 3.86. The number of nitrogens with one attached hydrogen (secondary N) is 2. The van der Waals surface area contributed by atoms with Gasteiger partial charge in [-0.3, -0.25) is 14.8 Å². The van der Waals surface area contributed by atoms with E-state index in [2.05, 4.69) is 41.2 Å². The summed E-state index contributed by atoms with van der Waals surface area (Å²) in [6.07, 6.45) is 3.57. The van der Waals surface area contributed by atoms with Crippen LogP contribution in [0.5, 0.6) is 0 Å². The first-order valence-corrected chi connectivity index (χ1v) is 11.3. The van der Waals surface area contributed by atoms with Gasteiger partial charge in [-0.25, -0.2) is 0 Å². The lowest BCUT2D eigenvalue weighted by Gasteiger charge is -2.34. The van der Waals surface area contributed by atoms with Crippen molar-refractivity contribution in [3.8, 4) is 0 Å². The largest absolute Gasteiger partial charge is 0.379 e. The van der Waals surface area contributed by atoms with Crippen LogP contribution in [0.4, 0.5) is 0 Å². The van der Waals surface area contributed by atoms with E-state index in [0.717, 1.165) is 78.2 Å². The molecule has 7 heteroatoms. The molecule has 2 fully saturated rings. The van der Waals surface area contributed by atoms with Crippen molar-refractivity contribution in [1.82, 2.24) is 20.4 Å². The standard InChI is InChI=1S/C21H43N5O2/c1-4-22-21(23-7-5-6-8-25-9-13-27-14-10-25)24-18-20(17-19(2)3)26-11-15-28-16-12-26/h19-20H,4-18H2,1-3H3,(H2,22,23,24). The first kappa shape index (κ1) is 23.4. The fraction of sp³-hybridized carbons (Fsp3) is 0.952. The molecule has 0 spiro atoms. The Morgan fingerprint density at radius 2 is 1.64 bits per heavy atom. The molecule has 2 N–H and O–H groups in total. The van der Waals surface area contributed by atoms with E-state index in [4.69, 9.17) is 14.5 Å². The Kier molecular flexibility index (Phi) is 11.8. The molecule has 2 rings (SSSR count). The minimum Gasteiger partial charge on any atom is -0.379 e. The zero-order valence-electron chi connectivity index (χ0n) is 18.4. The van der Waals surface area contributed by atoms with Crippen LogP contribution in [0.1, 0.15) is 40.0 Å². The SMILES string of the molecule is CCNC(=NCC(CC(C)C)N1CCOCC1)NCCCCN1CCOCC1. The molecule has 164 valence electrons. The van der Waals surface area contributed by atoms with Gasteiger partial charge in [-0.05, 0) is 38.6 Å². The van der Waals surface area contributed by atoms with Crippen molar-refractivity contribution in [1.29, 1.82) is 0 Å². The summed E-state index contributed by atoms with van der Waals surface area (Å²) < 4.78 is 10.9. The Morgan fingerprint density at radius 1 is 0.964 bits per heavy atom. The average molecular weight is 398 g/mol. The van der Waals surface area contributed by atoms with Crippen LogP contribution in [0.25, 0.3) is 0 Å². The summed E-state index contributed by atoms with van der Waals surface area (Å²) >= 11 is 0. The fourth-order valence-corrected chi connectivity index (χ4v) is 3.86. The van der Waals surface area contributed by atoms with Crippen LogP contribution in [-0.2, 0) is 9.47 Å². The van der Waals surface area contributed by atoms with Crippen LogP contribution in [-0.4, -0.2) is 101 Å². The highest BCUT2D eigenvalue weighted by Crippen LogP contribution is 2.14. The smallest absolute Gasteiger partial charge is 0.191 e. The van der Waals surface area contributed by atoms with Gasteiger partial charge in [0.25, 0.3) is 0 Å². The monoisotopic (exact) mass is 397 g/mol. The van der Waals surface area contributed by atoms with E-state index in [9.17, 15) is 0 Å². The number of guanidine groups is 1. The van der Waals surface area contributed by atoms with Crippen LogP contribution >= 0.6 is 0 Å².